The van der Waals surface area contributed by atoms with Crippen LogP contribution in [-0.4, -0.2) is 37.2 Å². The molecule has 2 aromatic rings. The first-order valence-corrected chi connectivity index (χ1v) is 9.29. The lowest BCUT2D eigenvalue weighted by Crippen LogP contribution is -2.36. The largest absolute Gasteiger partial charge is 0.378 e. The maximum atomic E-state index is 12.3. The molecule has 0 saturated carbocycles. The Hall–Kier alpha value is -1.92. The quantitative estimate of drug-likeness (QED) is 0.926. The molecule has 0 bridgehead atoms. The molecule has 0 spiro atoms. The molecule has 2 aliphatic rings. The summed E-state index contributed by atoms with van der Waals surface area (Å²) in [5.41, 5.74) is 2.38. The fraction of sp³-hybridized carbons (Fsp3) is 0.444. The Morgan fingerprint density at radius 3 is 2.92 bits per heavy atom. The van der Waals surface area contributed by atoms with Crippen molar-refractivity contribution in [1.29, 1.82) is 0 Å². The Morgan fingerprint density at radius 2 is 2.17 bits per heavy atom. The summed E-state index contributed by atoms with van der Waals surface area (Å²) in [6.45, 7) is 3.78. The number of ether oxygens (including phenoxy) is 1. The highest BCUT2D eigenvalue weighted by molar-refractivity contribution is 7.14. The molecule has 1 N–H and O–H groups in total. The standard InChI is InChI=1S/C18H21N3O2S/c22-18(16-10-14-2-1-3-15(14)24-16)20-12-13-4-5-17(19-11-13)21-6-8-23-9-7-21/h4-5,10-11H,1-3,6-9,12H2,(H,20,22). The van der Waals surface area contributed by atoms with Crippen molar-refractivity contribution in [2.24, 2.45) is 0 Å². The maximum absolute atomic E-state index is 12.3. The van der Waals surface area contributed by atoms with Crippen molar-refractivity contribution in [3.8, 4) is 0 Å². The molecule has 1 saturated heterocycles. The summed E-state index contributed by atoms with van der Waals surface area (Å²) in [5.74, 6) is 0.995. The number of carbonyl (C=O) groups is 1. The number of aryl methyl sites for hydroxylation is 2. The zero-order chi connectivity index (χ0) is 16.4. The molecule has 1 amide bonds. The summed E-state index contributed by atoms with van der Waals surface area (Å²) < 4.78 is 5.36. The van der Waals surface area contributed by atoms with E-state index in [1.807, 2.05) is 18.3 Å². The highest BCUT2D eigenvalue weighted by Crippen LogP contribution is 2.30. The van der Waals surface area contributed by atoms with Crippen LogP contribution in [-0.2, 0) is 24.1 Å². The minimum atomic E-state index is 0.0201. The third-order valence-electron chi connectivity index (χ3n) is 4.57. The van der Waals surface area contributed by atoms with Crippen LogP contribution in [0.3, 0.4) is 0 Å². The zero-order valence-electron chi connectivity index (χ0n) is 13.6. The molecular formula is C18H21N3O2S. The molecule has 1 fully saturated rings. The van der Waals surface area contributed by atoms with E-state index in [1.54, 1.807) is 11.3 Å². The Morgan fingerprint density at radius 1 is 1.29 bits per heavy atom. The third kappa shape index (κ3) is 3.30. The van der Waals surface area contributed by atoms with Gasteiger partial charge in [0.05, 0.1) is 18.1 Å². The van der Waals surface area contributed by atoms with E-state index in [2.05, 4.69) is 21.3 Å². The molecule has 2 aromatic heterocycles. The first kappa shape index (κ1) is 15.6. The zero-order valence-corrected chi connectivity index (χ0v) is 14.4. The SMILES string of the molecule is O=C(NCc1ccc(N2CCOCC2)nc1)c1cc2c(s1)CCC2. The fourth-order valence-corrected chi connectivity index (χ4v) is 4.38. The summed E-state index contributed by atoms with van der Waals surface area (Å²) >= 11 is 1.64. The number of morpholine rings is 1. The molecule has 1 aliphatic heterocycles. The van der Waals surface area contributed by atoms with Gasteiger partial charge in [0, 0.05) is 30.7 Å². The topological polar surface area (TPSA) is 54.5 Å². The van der Waals surface area contributed by atoms with E-state index in [1.165, 1.54) is 16.9 Å². The van der Waals surface area contributed by atoms with E-state index in [9.17, 15) is 4.79 Å². The minimum Gasteiger partial charge on any atom is -0.378 e. The van der Waals surface area contributed by atoms with Gasteiger partial charge < -0.3 is 15.0 Å². The summed E-state index contributed by atoms with van der Waals surface area (Å²) in [6.07, 6.45) is 5.32. The van der Waals surface area contributed by atoms with E-state index in [-0.39, 0.29) is 5.91 Å². The molecular weight excluding hydrogens is 322 g/mol. The van der Waals surface area contributed by atoms with E-state index in [0.29, 0.717) is 6.54 Å². The number of anilines is 1. The van der Waals surface area contributed by atoms with Crippen LogP contribution >= 0.6 is 11.3 Å². The molecule has 1 aliphatic carbocycles. The van der Waals surface area contributed by atoms with Crippen molar-refractivity contribution in [2.75, 3.05) is 31.2 Å². The Labute approximate surface area is 145 Å². The van der Waals surface area contributed by atoms with Crippen LogP contribution in [0.1, 0.15) is 32.1 Å². The van der Waals surface area contributed by atoms with Crippen LogP contribution in [0.15, 0.2) is 24.4 Å². The number of fused-ring (bicyclic) bond motifs is 1. The lowest BCUT2D eigenvalue weighted by atomic mass is 10.2. The predicted molar refractivity (Wildman–Crippen MR) is 94.8 cm³/mol. The van der Waals surface area contributed by atoms with E-state index in [0.717, 1.165) is 55.4 Å². The summed E-state index contributed by atoms with van der Waals surface area (Å²) in [5, 5.41) is 3.00. The third-order valence-corrected chi connectivity index (χ3v) is 5.80. The van der Waals surface area contributed by atoms with Crippen LogP contribution in [0.5, 0.6) is 0 Å². The second-order valence-corrected chi connectivity index (χ2v) is 7.36. The number of carbonyl (C=O) groups excluding carboxylic acids is 1. The van der Waals surface area contributed by atoms with Crippen LogP contribution in [0.25, 0.3) is 0 Å². The second kappa shape index (κ2) is 6.91. The van der Waals surface area contributed by atoms with Crippen molar-refractivity contribution in [2.45, 2.75) is 25.8 Å². The monoisotopic (exact) mass is 343 g/mol. The summed E-state index contributed by atoms with van der Waals surface area (Å²) in [4.78, 5) is 21.2. The molecule has 126 valence electrons. The summed E-state index contributed by atoms with van der Waals surface area (Å²) in [6, 6.07) is 6.11. The van der Waals surface area contributed by atoms with Crippen molar-refractivity contribution in [3.63, 3.8) is 0 Å². The van der Waals surface area contributed by atoms with Gasteiger partial charge in [-0.15, -0.1) is 11.3 Å². The van der Waals surface area contributed by atoms with Crippen molar-refractivity contribution in [1.82, 2.24) is 10.3 Å². The number of hydrogen-bond acceptors (Lipinski definition) is 5. The molecule has 0 atom stereocenters. The number of nitrogens with zero attached hydrogens (tertiary/aromatic N) is 2. The molecule has 5 nitrogen and oxygen atoms in total. The first-order valence-electron chi connectivity index (χ1n) is 8.47. The highest BCUT2D eigenvalue weighted by atomic mass is 32.1. The van der Waals surface area contributed by atoms with Crippen molar-refractivity contribution in [3.05, 3.63) is 45.3 Å². The van der Waals surface area contributed by atoms with Gasteiger partial charge in [-0.05, 0) is 42.5 Å². The molecule has 6 heteroatoms. The van der Waals surface area contributed by atoms with Crippen LogP contribution < -0.4 is 10.2 Å². The average Bonchev–Trinajstić information content (AvgIpc) is 3.23. The van der Waals surface area contributed by atoms with Crippen molar-refractivity contribution >= 4 is 23.1 Å². The van der Waals surface area contributed by atoms with Crippen LogP contribution in [0.2, 0.25) is 0 Å². The Balaban J connectivity index is 1.34. The highest BCUT2D eigenvalue weighted by Gasteiger charge is 2.18. The molecule has 0 aromatic carbocycles. The van der Waals surface area contributed by atoms with Gasteiger partial charge in [-0.25, -0.2) is 4.98 Å². The van der Waals surface area contributed by atoms with Gasteiger partial charge in [0.1, 0.15) is 5.82 Å². The van der Waals surface area contributed by atoms with E-state index in [4.69, 9.17) is 4.74 Å². The molecule has 24 heavy (non-hydrogen) atoms. The van der Waals surface area contributed by atoms with Gasteiger partial charge in [0.25, 0.3) is 5.91 Å². The van der Waals surface area contributed by atoms with Gasteiger partial charge in [0.15, 0.2) is 0 Å². The molecule has 0 unspecified atom stereocenters. The van der Waals surface area contributed by atoms with Crippen LogP contribution in [0, 0.1) is 0 Å². The van der Waals surface area contributed by atoms with E-state index < -0.39 is 0 Å². The normalized spacial score (nSPS) is 16.9. The van der Waals surface area contributed by atoms with Crippen LogP contribution in [0.4, 0.5) is 5.82 Å². The second-order valence-electron chi connectivity index (χ2n) is 6.22. The predicted octanol–water partition coefficient (Wildman–Crippen LogP) is 2.40. The van der Waals surface area contributed by atoms with Gasteiger partial charge in [-0.3, -0.25) is 4.79 Å². The maximum Gasteiger partial charge on any atom is 0.261 e. The number of aromatic nitrogens is 1. The number of amides is 1. The van der Waals surface area contributed by atoms with Gasteiger partial charge in [-0.1, -0.05) is 6.07 Å². The minimum absolute atomic E-state index is 0.0201. The van der Waals surface area contributed by atoms with Gasteiger partial charge in [0.2, 0.25) is 0 Å². The number of rotatable bonds is 4. The van der Waals surface area contributed by atoms with Gasteiger partial charge >= 0.3 is 0 Å². The van der Waals surface area contributed by atoms with Gasteiger partial charge in [-0.2, -0.15) is 0 Å². The summed E-state index contributed by atoms with van der Waals surface area (Å²) in [7, 11) is 0. The van der Waals surface area contributed by atoms with E-state index >= 15 is 0 Å². The first-order chi connectivity index (χ1) is 11.8. The van der Waals surface area contributed by atoms with Crippen molar-refractivity contribution < 1.29 is 9.53 Å². The molecule has 0 radical (unpaired) electrons. The number of hydrogen-bond donors (Lipinski definition) is 1. The molecule has 4 rings (SSSR count). The number of pyridine rings is 1. The average molecular weight is 343 g/mol. The lowest BCUT2D eigenvalue weighted by Gasteiger charge is -2.27. The Bertz CT molecular complexity index is 699. The lowest BCUT2D eigenvalue weighted by molar-refractivity contribution is 0.0955. The number of nitrogens with one attached hydrogen (secondary N) is 1. The fourth-order valence-electron chi connectivity index (χ4n) is 3.21. The smallest absolute Gasteiger partial charge is 0.261 e. The number of thiophene rings is 1. The Kier molecular flexibility index (Phi) is 4.49. The molecule has 3 heterocycles.